The Balaban J connectivity index is 1.97. The molecule has 0 saturated carbocycles. The van der Waals surface area contributed by atoms with E-state index >= 15 is 0 Å². The van der Waals surface area contributed by atoms with Gasteiger partial charge >= 0.3 is 5.97 Å². The van der Waals surface area contributed by atoms with Crippen molar-refractivity contribution in [3.8, 4) is 0 Å². The summed E-state index contributed by atoms with van der Waals surface area (Å²) in [5.41, 5.74) is 0.470. The number of carbonyl (C=O) groups is 1. The molecule has 1 N–H and O–H groups in total. The minimum Gasteiger partial charge on any atom is -0.480 e. The Kier molecular flexibility index (Phi) is 4.67. The molecule has 20 heavy (non-hydrogen) atoms. The van der Waals surface area contributed by atoms with Crippen LogP contribution in [0.25, 0.3) is 0 Å². The quantitative estimate of drug-likeness (QED) is 0.914. The van der Waals surface area contributed by atoms with E-state index in [1.807, 2.05) is 11.8 Å². The van der Waals surface area contributed by atoms with E-state index in [2.05, 4.69) is 4.90 Å². The van der Waals surface area contributed by atoms with Crippen LogP contribution in [-0.4, -0.2) is 53.6 Å². The first-order valence-electron chi connectivity index (χ1n) is 6.60. The lowest BCUT2D eigenvalue weighted by Gasteiger charge is -2.37. The lowest BCUT2D eigenvalue weighted by molar-refractivity contribution is -0.138. The Labute approximate surface area is 116 Å². The number of carboxylic acid groups (broad SMARTS) is 1. The monoisotopic (exact) mass is 284 g/mol. The molecule has 0 spiro atoms. The summed E-state index contributed by atoms with van der Waals surface area (Å²) < 4.78 is 26.7. The van der Waals surface area contributed by atoms with Gasteiger partial charge in [-0.25, -0.2) is 8.78 Å². The van der Waals surface area contributed by atoms with Crippen molar-refractivity contribution in [1.29, 1.82) is 0 Å². The van der Waals surface area contributed by atoms with E-state index in [0.717, 1.165) is 6.07 Å². The highest BCUT2D eigenvalue weighted by atomic mass is 19.1. The van der Waals surface area contributed by atoms with Crippen molar-refractivity contribution in [2.45, 2.75) is 13.0 Å². The van der Waals surface area contributed by atoms with Crippen molar-refractivity contribution in [1.82, 2.24) is 9.80 Å². The first kappa shape index (κ1) is 14.9. The van der Waals surface area contributed by atoms with E-state index in [-0.39, 0.29) is 12.6 Å². The summed E-state index contributed by atoms with van der Waals surface area (Å²) >= 11 is 0. The number of rotatable bonds is 4. The van der Waals surface area contributed by atoms with Crippen LogP contribution in [-0.2, 0) is 4.79 Å². The zero-order valence-electron chi connectivity index (χ0n) is 11.4. The first-order valence-corrected chi connectivity index (χ1v) is 6.60. The number of benzene rings is 1. The van der Waals surface area contributed by atoms with Gasteiger partial charge in [0.25, 0.3) is 0 Å². The highest BCUT2D eigenvalue weighted by molar-refractivity contribution is 5.69. The predicted octanol–water partition coefficient (Wildman–Crippen LogP) is 1.73. The lowest BCUT2D eigenvalue weighted by atomic mass is 10.1. The summed E-state index contributed by atoms with van der Waals surface area (Å²) in [7, 11) is 0. The molecule has 1 aliphatic heterocycles. The second-order valence-corrected chi connectivity index (χ2v) is 5.05. The number of carboxylic acids is 1. The summed E-state index contributed by atoms with van der Waals surface area (Å²) in [6.45, 7) is 4.53. The molecule has 1 aliphatic rings. The Morgan fingerprint density at radius 2 is 1.95 bits per heavy atom. The maximum absolute atomic E-state index is 13.7. The largest absolute Gasteiger partial charge is 0.480 e. The normalized spacial score (nSPS) is 18.9. The van der Waals surface area contributed by atoms with Crippen LogP contribution in [0.5, 0.6) is 0 Å². The van der Waals surface area contributed by atoms with Gasteiger partial charge < -0.3 is 5.11 Å². The van der Waals surface area contributed by atoms with Crippen LogP contribution in [0.1, 0.15) is 18.5 Å². The fraction of sp³-hybridized carbons (Fsp3) is 0.500. The average Bonchev–Trinajstić information content (AvgIpc) is 2.38. The molecule has 1 heterocycles. The third kappa shape index (κ3) is 3.52. The van der Waals surface area contributed by atoms with E-state index in [1.165, 1.54) is 12.1 Å². The lowest BCUT2D eigenvalue weighted by Crippen LogP contribution is -2.48. The molecule has 2 rings (SSSR count). The summed E-state index contributed by atoms with van der Waals surface area (Å²) in [5.74, 6) is -1.95. The second-order valence-electron chi connectivity index (χ2n) is 5.05. The van der Waals surface area contributed by atoms with E-state index < -0.39 is 17.6 Å². The smallest absolute Gasteiger partial charge is 0.317 e. The molecule has 0 bridgehead atoms. The first-order chi connectivity index (χ1) is 9.47. The predicted molar refractivity (Wildman–Crippen MR) is 70.4 cm³/mol. The molecule has 1 aromatic carbocycles. The van der Waals surface area contributed by atoms with Gasteiger partial charge in [-0.15, -0.1) is 0 Å². The standard InChI is InChI=1S/C14H18F2N2O2/c1-10(12-3-2-11(15)8-13(12)16)18-6-4-17(5-7-18)9-14(19)20/h2-3,8,10H,4-7,9H2,1H3,(H,19,20)/t10-/m1/s1. The van der Waals surface area contributed by atoms with Gasteiger partial charge in [0.2, 0.25) is 0 Å². The molecule has 1 atom stereocenters. The highest BCUT2D eigenvalue weighted by Gasteiger charge is 2.24. The van der Waals surface area contributed by atoms with Gasteiger partial charge in [-0.05, 0) is 13.0 Å². The van der Waals surface area contributed by atoms with Gasteiger partial charge in [-0.2, -0.15) is 0 Å². The number of halogens is 2. The van der Waals surface area contributed by atoms with E-state index in [4.69, 9.17) is 5.11 Å². The minimum atomic E-state index is -0.837. The third-order valence-electron chi connectivity index (χ3n) is 3.73. The number of nitrogens with zero attached hydrogens (tertiary/aromatic N) is 2. The molecule has 0 aromatic heterocycles. The molecule has 0 aliphatic carbocycles. The summed E-state index contributed by atoms with van der Waals surface area (Å²) in [6, 6.07) is 3.48. The van der Waals surface area contributed by atoms with Gasteiger partial charge in [0.05, 0.1) is 6.54 Å². The minimum absolute atomic E-state index is 0.0349. The summed E-state index contributed by atoms with van der Waals surface area (Å²) in [4.78, 5) is 14.6. The van der Waals surface area contributed by atoms with E-state index in [0.29, 0.717) is 31.7 Å². The number of hydrogen-bond acceptors (Lipinski definition) is 3. The summed E-state index contributed by atoms with van der Waals surface area (Å²) in [5, 5.41) is 8.74. The van der Waals surface area contributed by atoms with Gasteiger partial charge in [-0.1, -0.05) is 6.07 Å². The number of hydrogen-bond donors (Lipinski definition) is 1. The zero-order valence-corrected chi connectivity index (χ0v) is 11.4. The van der Waals surface area contributed by atoms with Gasteiger partial charge in [0.1, 0.15) is 11.6 Å². The van der Waals surface area contributed by atoms with Gasteiger partial charge in [-0.3, -0.25) is 14.6 Å². The van der Waals surface area contributed by atoms with Crippen molar-refractivity contribution in [3.63, 3.8) is 0 Å². The van der Waals surface area contributed by atoms with Crippen LogP contribution < -0.4 is 0 Å². The molecule has 1 fully saturated rings. The van der Waals surface area contributed by atoms with Crippen molar-refractivity contribution < 1.29 is 18.7 Å². The SMILES string of the molecule is C[C@H](c1ccc(F)cc1F)N1CCN(CC(=O)O)CC1. The Morgan fingerprint density at radius 3 is 2.50 bits per heavy atom. The van der Waals surface area contributed by atoms with Crippen LogP contribution in [0.2, 0.25) is 0 Å². The molecule has 1 saturated heterocycles. The van der Waals surface area contributed by atoms with Crippen LogP contribution >= 0.6 is 0 Å². The van der Waals surface area contributed by atoms with Gasteiger partial charge in [0, 0.05) is 43.9 Å². The molecule has 110 valence electrons. The zero-order chi connectivity index (χ0) is 14.7. The van der Waals surface area contributed by atoms with Crippen LogP contribution in [0.3, 0.4) is 0 Å². The second kappa shape index (κ2) is 6.28. The Morgan fingerprint density at radius 1 is 1.30 bits per heavy atom. The molecule has 6 heteroatoms. The Bertz CT molecular complexity index is 488. The van der Waals surface area contributed by atoms with Crippen molar-refractivity contribution in [3.05, 3.63) is 35.4 Å². The maximum atomic E-state index is 13.7. The van der Waals surface area contributed by atoms with Crippen molar-refractivity contribution in [2.24, 2.45) is 0 Å². The molecular weight excluding hydrogens is 266 g/mol. The topological polar surface area (TPSA) is 43.8 Å². The Hall–Kier alpha value is -1.53. The van der Waals surface area contributed by atoms with Crippen LogP contribution in [0, 0.1) is 11.6 Å². The average molecular weight is 284 g/mol. The molecular formula is C14H18F2N2O2. The van der Waals surface area contributed by atoms with Gasteiger partial charge in [0.15, 0.2) is 0 Å². The van der Waals surface area contributed by atoms with Crippen molar-refractivity contribution in [2.75, 3.05) is 32.7 Å². The molecule has 1 aromatic rings. The molecule has 0 unspecified atom stereocenters. The van der Waals surface area contributed by atoms with Crippen molar-refractivity contribution >= 4 is 5.97 Å². The molecule has 0 amide bonds. The maximum Gasteiger partial charge on any atom is 0.317 e. The molecule has 0 radical (unpaired) electrons. The van der Waals surface area contributed by atoms with Crippen LogP contribution in [0.4, 0.5) is 8.78 Å². The summed E-state index contributed by atoms with van der Waals surface area (Å²) in [6.07, 6.45) is 0. The number of piperazine rings is 1. The molecule has 4 nitrogen and oxygen atoms in total. The van der Waals surface area contributed by atoms with Crippen LogP contribution in [0.15, 0.2) is 18.2 Å². The third-order valence-corrected chi connectivity index (χ3v) is 3.73. The van der Waals surface area contributed by atoms with E-state index in [9.17, 15) is 13.6 Å². The fourth-order valence-electron chi connectivity index (χ4n) is 2.54. The fourth-order valence-corrected chi connectivity index (χ4v) is 2.54. The van der Waals surface area contributed by atoms with E-state index in [1.54, 1.807) is 0 Å². The number of aliphatic carboxylic acids is 1. The highest BCUT2D eigenvalue weighted by Crippen LogP contribution is 2.24.